The molecule has 0 bridgehead atoms. The zero-order valence-electron chi connectivity index (χ0n) is 20.7. The number of fused-ring (bicyclic) bond motifs is 1. The average Bonchev–Trinajstić information content (AvgIpc) is 2.87. The number of rotatable bonds is 8. The molecule has 2 aromatic heterocycles. The maximum atomic E-state index is 12.3. The highest BCUT2D eigenvalue weighted by Crippen LogP contribution is 2.35. The van der Waals surface area contributed by atoms with Gasteiger partial charge in [-0.05, 0) is 49.2 Å². The maximum Gasteiger partial charge on any atom is 0.335 e. The molecular formula is C27H25N5O5. The van der Waals surface area contributed by atoms with Gasteiger partial charge >= 0.3 is 12.0 Å². The number of pyridine rings is 1. The van der Waals surface area contributed by atoms with Crippen molar-refractivity contribution in [2.75, 3.05) is 19.5 Å². The Labute approximate surface area is 212 Å². The number of methoxy groups -OCH3 is 2. The number of carbonyl (C=O) groups is 2. The predicted octanol–water partition coefficient (Wildman–Crippen LogP) is 4.67. The Morgan fingerprint density at radius 2 is 1.81 bits per heavy atom. The van der Waals surface area contributed by atoms with Gasteiger partial charge in [0.1, 0.15) is 0 Å². The number of nitrogens with zero attached hydrogens (tertiary/aromatic N) is 3. The number of carboxylic acid groups (broad SMARTS) is 1. The van der Waals surface area contributed by atoms with E-state index >= 15 is 0 Å². The molecule has 4 N–H and O–H groups in total. The highest BCUT2D eigenvalue weighted by atomic mass is 16.5. The lowest BCUT2D eigenvalue weighted by Crippen LogP contribution is -2.14. The fourth-order valence-electron chi connectivity index (χ4n) is 3.89. The van der Waals surface area contributed by atoms with Crippen LogP contribution in [0.15, 0.2) is 54.4 Å². The fraction of sp³-hybridized carbons (Fsp3) is 0.148. The molecule has 2 heterocycles. The molecule has 0 radical (unpaired) electrons. The zero-order chi connectivity index (χ0) is 26.7. The summed E-state index contributed by atoms with van der Waals surface area (Å²) in [5.74, 6) is -1.41. The van der Waals surface area contributed by atoms with Crippen molar-refractivity contribution in [1.29, 1.82) is 0 Å². The monoisotopic (exact) mass is 499 g/mol. The Bertz CT molecular complexity index is 1560. The van der Waals surface area contributed by atoms with Crippen LogP contribution in [-0.2, 0) is 0 Å². The molecule has 4 rings (SSSR count). The molecule has 4 aromatic rings. The topological polar surface area (TPSA) is 150 Å². The van der Waals surface area contributed by atoms with Gasteiger partial charge in [0.25, 0.3) is 5.91 Å². The number of aromatic nitrogens is 3. The van der Waals surface area contributed by atoms with Gasteiger partial charge in [-0.15, -0.1) is 0 Å². The van der Waals surface area contributed by atoms with Crippen LogP contribution >= 0.6 is 0 Å². The number of nitrogens with one attached hydrogen (secondary N) is 1. The lowest BCUT2D eigenvalue weighted by atomic mass is 10.0. The Kier molecular flexibility index (Phi) is 7.01. The number of ether oxygens (including phenoxy) is 2. The summed E-state index contributed by atoms with van der Waals surface area (Å²) in [6.45, 7) is 3.84. The van der Waals surface area contributed by atoms with Crippen LogP contribution in [0, 0.1) is 0 Å². The van der Waals surface area contributed by atoms with Gasteiger partial charge in [0, 0.05) is 23.5 Å². The van der Waals surface area contributed by atoms with Crippen LogP contribution in [0.5, 0.6) is 11.9 Å². The van der Waals surface area contributed by atoms with Crippen LogP contribution in [0.4, 0.5) is 11.4 Å². The molecule has 37 heavy (non-hydrogen) atoms. The molecule has 0 aliphatic heterocycles. The van der Waals surface area contributed by atoms with Gasteiger partial charge in [-0.1, -0.05) is 23.8 Å². The highest BCUT2D eigenvalue weighted by molar-refractivity contribution is 6.08. The van der Waals surface area contributed by atoms with Crippen molar-refractivity contribution in [2.24, 2.45) is 5.73 Å². The number of anilines is 2. The van der Waals surface area contributed by atoms with E-state index in [9.17, 15) is 14.7 Å². The number of nitrogens with two attached hydrogens (primary N) is 1. The van der Waals surface area contributed by atoms with Crippen molar-refractivity contribution < 1.29 is 24.2 Å². The van der Waals surface area contributed by atoms with Crippen molar-refractivity contribution >= 4 is 40.2 Å². The zero-order valence-corrected chi connectivity index (χ0v) is 20.7. The van der Waals surface area contributed by atoms with Crippen molar-refractivity contribution in [3.8, 4) is 23.0 Å². The van der Waals surface area contributed by atoms with Gasteiger partial charge in [-0.2, -0.15) is 4.98 Å². The van der Waals surface area contributed by atoms with Crippen LogP contribution in [-0.4, -0.2) is 46.2 Å². The van der Waals surface area contributed by atoms with E-state index in [1.165, 1.54) is 26.5 Å². The number of amides is 1. The van der Waals surface area contributed by atoms with Crippen LogP contribution in [0.2, 0.25) is 0 Å². The Morgan fingerprint density at radius 1 is 1.03 bits per heavy atom. The standard InChI is InChI=1S/C27H25N5O5/c1-14(2)7-15-8-17(26(34)35)10-18(9-15)31-23-19-6-5-16(11-22(19)29-13-21(23)24(28)33)20-12-30-27(37-4)32-25(20)36-3/h5-13H,1-4H3,(H2,28,33)(H,29,31)(H,34,35). The van der Waals surface area contributed by atoms with Crippen LogP contribution in [0.25, 0.3) is 28.1 Å². The molecule has 2 aromatic carbocycles. The normalized spacial score (nSPS) is 10.6. The fourth-order valence-corrected chi connectivity index (χ4v) is 3.89. The van der Waals surface area contributed by atoms with E-state index < -0.39 is 11.9 Å². The van der Waals surface area contributed by atoms with Crippen LogP contribution in [0.1, 0.15) is 40.1 Å². The third-order valence-electron chi connectivity index (χ3n) is 5.48. The summed E-state index contributed by atoms with van der Waals surface area (Å²) in [6.07, 6.45) is 4.84. The second kappa shape index (κ2) is 10.3. The average molecular weight is 500 g/mol. The first-order chi connectivity index (χ1) is 17.7. The summed E-state index contributed by atoms with van der Waals surface area (Å²) < 4.78 is 10.5. The minimum Gasteiger partial charge on any atom is -0.480 e. The van der Waals surface area contributed by atoms with Gasteiger partial charge in [-0.25, -0.2) is 9.78 Å². The first kappa shape index (κ1) is 25.1. The summed E-state index contributed by atoms with van der Waals surface area (Å²) in [5.41, 5.74) is 10.4. The molecule has 188 valence electrons. The molecule has 0 unspecified atom stereocenters. The van der Waals surface area contributed by atoms with Crippen molar-refractivity contribution in [2.45, 2.75) is 13.8 Å². The minimum atomic E-state index is -1.07. The van der Waals surface area contributed by atoms with Gasteiger partial charge in [0.05, 0.1) is 42.1 Å². The van der Waals surface area contributed by atoms with Crippen molar-refractivity contribution in [3.63, 3.8) is 0 Å². The highest BCUT2D eigenvalue weighted by Gasteiger charge is 2.17. The first-order valence-corrected chi connectivity index (χ1v) is 11.2. The van der Waals surface area contributed by atoms with E-state index in [0.717, 1.165) is 11.1 Å². The summed E-state index contributed by atoms with van der Waals surface area (Å²) in [6, 6.07) is 10.5. The molecule has 0 fully saturated rings. The summed E-state index contributed by atoms with van der Waals surface area (Å²) in [5, 5.41) is 13.4. The van der Waals surface area contributed by atoms with Crippen molar-refractivity contribution in [1.82, 2.24) is 15.0 Å². The Hall–Kier alpha value is -4.99. The number of benzene rings is 2. The first-order valence-electron chi connectivity index (χ1n) is 11.2. The molecule has 0 aliphatic carbocycles. The van der Waals surface area contributed by atoms with E-state index in [1.807, 2.05) is 26.0 Å². The smallest absolute Gasteiger partial charge is 0.335 e. The molecule has 0 atom stereocenters. The lowest BCUT2D eigenvalue weighted by molar-refractivity contribution is 0.0696. The molecule has 0 aliphatic rings. The quantitative estimate of drug-likeness (QED) is 0.314. The number of hydrogen-bond donors (Lipinski definition) is 3. The van der Waals surface area contributed by atoms with Crippen LogP contribution in [0.3, 0.4) is 0 Å². The number of carboxylic acids is 1. The van der Waals surface area contributed by atoms with Gasteiger partial charge < -0.3 is 25.6 Å². The molecule has 0 spiro atoms. The Morgan fingerprint density at radius 3 is 2.46 bits per heavy atom. The van der Waals surface area contributed by atoms with E-state index in [0.29, 0.717) is 39.3 Å². The molecule has 10 heteroatoms. The minimum absolute atomic E-state index is 0.102. The Balaban J connectivity index is 1.86. The van der Waals surface area contributed by atoms with Crippen LogP contribution < -0.4 is 20.5 Å². The predicted molar refractivity (Wildman–Crippen MR) is 140 cm³/mol. The largest absolute Gasteiger partial charge is 0.480 e. The second-order valence-corrected chi connectivity index (χ2v) is 8.42. The molecule has 10 nitrogen and oxygen atoms in total. The molecule has 0 saturated heterocycles. The number of carbonyl (C=O) groups excluding carboxylic acids is 1. The lowest BCUT2D eigenvalue weighted by Gasteiger charge is -2.15. The third kappa shape index (κ3) is 5.32. The summed E-state index contributed by atoms with van der Waals surface area (Å²) in [7, 11) is 2.97. The number of hydrogen-bond acceptors (Lipinski definition) is 8. The van der Waals surface area contributed by atoms with E-state index in [2.05, 4.69) is 20.3 Å². The van der Waals surface area contributed by atoms with E-state index in [4.69, 9.17) is 15.2 Å². The number of aromatic carboxylic acids is 1. The van der Waals surface area contributed by atoms with Gasteiger partial charge in [0.2, 0.25) is 5.88 Å². The van der Waals surface area contributed by atoms with E-state index in [1.54, 1.807) is 30.5 Å². The second-order valence-electron chi connectivity index (χ2n) is 8.42. The van der Waals surface area contributed by atoms with Gasteiger partial charge in [0.15, 0.2) is 0 Å². The maximum absolute atomic E-state index is 12.3. The molecular weight excluding hydrogens is 474 g/mol. The SMILES string of the molecule is COc1ncc(-c2ccc3c(Nc4cc(C=C(C)C)cc(C(=O)O)c4)c(C(N)=O)cnc3c2)c(OC)n1. The third-order valence-corrected chi connectivity index (χ3v) is 5.48. The van der Waals surface area contributed by atoms with Gasteiger partial charge in [-0.3, -0.25) is 9.78 Å². The number of primary amides is 1. The van der Waals surface area contributed by atoms with E-state index in [-0.39, 0.29) is 17.1 Å². The number of allylic oxidation sites excluding steroid dienone is 1. The summed E-state index contributed by atoms with van der Waals surface area (Å²) >= 11 is 0. The summed E-state index contributed by atoms with van der Waals surface area (Å²) in [4.78, 5) is 36.8. The molecule has 0 saturated carbocycles. The van der Waals surface area contributed by atoms with Crippen molar-refractivity contribution in [3.05, 3.63) is 71.1 Å². The molecule has 1 amide bonds.